The molecule has 2 rings (SSSR count). The number of ether oxygens (including phenoxy) is 1. The maximum absolute atomic E-state index is 11.6. The highest BCUT2D eigenvalue weighted by molar-refractivity contribution is 5.95. The molecule has 0 atom stereocenters. The van der Waals surface area contributed by atoms with Crippen LogP contribution in [0.5, 0.6) is 5.75 Å². The molecule has 0 N–H and O–H groups in total. The minimum absolute atomic E-state index is 0.127. The van der Waals surface area contributed by atoms with E-state index >= 15 is 0 Å². The Morgan fingerprint density at radius 3 is 2.78 bits per heavy atom. The van der Waals surface area contributed by atoms with Gasteiger partial charge in [0.25, 0.3) is 0 Å². The van der Waals surface area contributed by atoms with Crippen molar-refractivity contribution in [3.8, 4) is 5.75 Å². The quantitative estimate of drug-likeness (QED) is 0.608. The molecular weight excluding hydrogens is 230 g/mol. The van der Waals surface area contributed by atoms with Gasteiger partial charge in [0.05, 0.1) is 5.92 Å². The summed E-state index contributed by atoms with van der Waals surface area (Å²) < 4.78 is 5.23. The molecule has 1 heterocycles. The Bertz CT molecular complexity index is 468. The highest BCUT2D eigenvalue weighted by Gasteiger charge is 2.22. The minimum atomic E-state index is -0.264. The third-order valence-corrected chi connectivity index (χ3v) is 2.89. The fourth-order valence-corrected chi connectivity index (χ4v) is 1.87. The first-order valence-corrected chi connectivity index (χ1v) is 6.20. The van der Waals surface area contributed by atoms with E-state index in [0.29, 0.717) is 12.2 Å². The van der Waals surface area contributed by atoms with Crippen molar-refractivity contribution in [1.29, 1.82) is 0 Å². The SMILES string of the molecule is CC(C)C(=O)Oc1cccc(N2CCCC2=O)c1. The van der Waals surface area contributed by atoms with Crippen LogP contribution in [0, 0.1) is 5.92 Å². The van der Waals surface area contributed by atoms with Crippen LogP contribution in [0.1, 0.15) is 26.7 Å². The lowest BCUT2D eigenvalue weighted by molar-refractivity contribution is -0.137. The normalized spacial score (nSPS) is 15.3. The molecule has 1 fully saturated rings. The van der Waals surface area contributed by atoms with Crippen molar-refractivity contribution < 1.29 is 14.3 Å². The first kappa shape index (κ1) is 12.6. The number of rotatable bonds is 3. The number of hydrogen-bond donors (Lipinski definition) is 0. The first-order valence-electron chi connectivity index (χ1n) is 6.20. The van der Waals surface area contributed by atoms with Gasteiger partial charge in [-0.2, -0.15) is 0 Å². The van der Waals surface area contributed by atoms with Gasteiger partial charge in [-0.3, -0.25) is 9.59 Å². The van der Waals surface area contributed by atoms with Crippen LogP contribution < -0.4 is 9.64 Å². The lowest BCUT2D eigenvalue weighted by Crippen LogP contribution is -2.23. The number of esters is 1. The van der Waals surface area contributed by atoms with Gasteiger partial charge in [0.15, 0.2) is 0 Å². The number of anilines is 1. The smallest absolute Gasteiger partial charge is 0.313 e. The highest BCUT2D eigenvalue weighted by Crippen LogP contribution is 2.25. The zero-order valence-corrected chi connectivity index (χ0v) is 10.7. The summed E-state index contributed by atoms with van der Waals surface area (Å²) in [7, 11) is 0. The van der Waals surface area contributed by atoms with E-state index in [9.17, 15) is 9.59 Å². The van der Waals surface area contributed by atoms with Gasteiger partial charge in [-0.25, -0.2) is 0 Å². The molecule has 0 aliphatic carbocycles. The molecule has 1 aromatic rings. The molecule has 1 amide bonds. The monoisotopic (exact) mass is 247 g/mol. The number of amides is 1. The predicted molar refractivity (Wildman–Crippen MR) is 68.5 cm³/mol. The van der Waals surface area contributed by atoms with E-state index < -0.39 is 0 Å². The van der Waals surface area contributed by atoms with E-state index in [1.165, 1.54) is 0 Å². The summed E-state index contributed by atoms with van der Waals surface area (Å²) in [6.07, 6.45) is 1.48. The number of hydrogen-bond acceptors (Lipinski definition) is 3. The summed E-state index contributed by atoms with van der Waals surface area (Å²) in [5.41, 5.74) is 0.798. The van der Waals surface area contributed by atoms with Crippen LogP contribution in [0.25, 0.3) is 0 Å². The van der Waals surface area contributed by atoms with Crippen LogP contribution in [0.2, 0.25) is 0 Å². The largest absolute Gasteiger partial charge is 0.426 e. The molecule has 1 aliphatic heterocycles. The molecular formula is C14H17NO3. The molecule has 0 radical (unpaired) electrons. The standard InChI is InChI=1S/C14H17NO3/c1-10(2)14(17)18-12-6-3-5-11(9-12)15-8-4-7-13(15)16/h3,5-6,9-10H,4,7-8H2,1-2H3. The van der Waals surface area contributed by atoms with E-state index in [0.717, 1.165) is 18.7 Å². The highest BCUT2D eigenvalue weighted by atomic mass is 16.5. The summed E-state index contributed by atoms with van der Waals surface area (Å²) >= 11 is 0. The van der Waals surface area contributed by atoms with Crippen molar-refractivity contribution in [2.24, 2.45) is 5.92 Å². The molecule has 96 valence electrons. The second-order valence-corrected chi connectivity index (χ2v) is 4.72. The van der Waals surface area contributed by atoms with Crippen LogP contribution in [0.3, 0.4) is 0 Å². The van der Waals surface area contributed by atoms with Crippen molar-refractivity contribution in [3.63, 3.8) is 0 Å². The van der Waals surface area contributed by atoms with Crippen molar-refractivity contribution in [1.82, 2.24) is 0 Å². The van der Waals surface area contributed by atoms with E-state index in [4.69, 9.17) is 4.74 Å². The van der Waals surface area contributed by atoms with E-state index in [1.807, 2.05) is 6.07 Å². The molecule has 18 heavy (non-hydrogen) atoms. The lowest BCUT2D eigenvalue weighted by Gasteiger charge is -2.16. The summed E-state index contributed by atoms with van der Waals surface area (Å²) in [5.74, 6) is 0.190. The summed E-state index contributed by atoms with van der Waals surface area (Å²) in [4.78, 5) is 24.9. The maximum Gasteiger partial charge on any atom is 0.313 e. The number of carbonyl (C=O) groups is 2. The van der Waals surface area contributed by atoms with Gasteiger partial charge in [0.2, 0.25) is 5.91 Å². The van der Waals surface area contributed by atoms with E-state index in [-0.39, 0.29) is 17.8 Å². The second-order valence-electron chi connectivity index (χ2n) is 4.72. The molecule has 0 saturated carbocycles. The summed E-state index contributed by atoms with van der Waals surface area (Å²) in [5, 5.41) is 0. The van der Waals surface area contributed by atoms with Crippen LogP contribution in [0.15, 0.2) is 24.3 Å². The zero-order chi connectivity index (χ0) is 13.1. The van der Waals surface area contributed by atoms with Gasteiger partial charge in [0.1, 0.15) is 5.75 Å². The van der Waals surface area contributed by atoms with Crippen molar-refractivity contribution in [2.45, 2.75) is 26.7 Å². The second kappa shape index (κ2) is 5.21. The Morgan fingerprint density at radius 1 is 1.39 bits per heavy atom. The van der Waals surface area contributed by atoms with Gasteiger partial charge in [-0.05, 0) is 18.6 Å². The zero-order valence-electron chi connectivity index (χ0n) is 10.7. The van der Waals surface area contributed by atoms with Crippen molar-refractivity contribution >= 4 is 17.6 Å². The molecule has 1 aromatic carbocycles. The molecule has 0 spiro atoms. The molecule has 1 aliphatic rings. The number of benzene rings is 1. The topological polar surface area (TPSA) is 46.6 Å². The van der Waals surface area contributed by atoms with Crippen molar-refractivity contribution in [2.75, 3.05) is 11.4 Å². The lowest BCUT2D eigenvalue weighted by atomic mass is 10.2. The van der Waals surface area contributed by atoms with Gasteiger partial charge < -0.3 is 9.64 Å². The van der Waals surface area contributed by atoms with Crippen LogP contribution in [0.4, 0.5) is 5.69 Å². The number of carbonyl (C=O) groups excluding carboxylic acids is 2. The fourth-order valence-electron chi connectivity index (χ4n) is 1.87. The average molecular weight is 247 g/mol. The van der Waals surface area contributed by atoms with Gasteiger partial charge in [-0.1, -0.05) is 19.9 Å². The van der Waals surface area contributed by atoms with Gasteiger partial charge in [-0.15, -0.1) is 0 Å². The molecule has 0 unspecified atom stereocenters. The molecule has 0 bridgehead atoms. The van der Waals surface area contributed by atoms with E-state index in [1.54, 1.807) is 36.9 Å². The first-order chi connectivity index (χ1) is 8.58. The summed E-state index contributed by atoms with van der Waals surface area (Å²) in [6, 6.07) is 7.12. The van der Waals surface area contributed by atoms with Crippen molar-refractivity contribution in [3.05, 3.63) is 24.3 Å². The fraction of sp³-hybridized carbons (Fsp3) is 0.429. The Balaban J connectivity index is 2.15. The van der Waals surface area contributed by atoms with Gasteiger partial charge in [0, 0.05) is 24.7 Å². The Labute approximate surface area is 107 Å². The third-order valence-electron chi connectivity index (χ3n) is 2.89. The Hall–Kier alpha value is -1.84. The summed E-state index contributed by atoms with van der Waals surface area (Å²) in [6.45, 7) is 4.31. The van der Waals surface area contributed by atoms with Gasteiger partial charge >= 0.3 is 5.97 Å². The maximum atomic E-state index is 11.6. The minimum Gasteiger partial charge on any atom is -0.426 e. The Morgan fingerprint density at radius 2 is 2.17 bits per heavy atom. The van der Waals surface area contributed by atoms with E-state index in [2.05, 4.69) is 0 Å². The third kappa shape index (κ3) is 2.70. The molecule has 4 nitrogen and oxygen atoms in total. The Kier molecular flexibility index (Phi) is 3.65. The molecule has 1 saturated heterocycles. The molecule has 4 heteroatoms. The molecule has 0 aromatic heterocycles. The van der Waals surface area contributed by atoms with Crippen LogP contribution in [-0.4, -0.2) is 18.4 Å². The average Bonchev–Trinajstić information content (AvgIpc) is 2.75. The van der Waals surface area contributed by atoms with Crippen LogP contribution in [-0.2, 0) is 9.59 Å². The number of nitrogens with zero attached hydrogens (tertiary/aromatic N) is 1. The predicted octanol–water partition coefficient (Wildman–Crippen LogP) is 2.37. The van der Waals surface area contributed by atoms with Crippen LogP contribution >= 0.6 is 0 Å².